The number of aliphatic hydroxyl groups excluding tert-OH is 1. The standard InChI is InChI=1S/C12H12O4/c13-7-12(4-5-12)9-3-1-2-8(6-9)10(14)11(15)16/h1-3,6,13H,4-5,7H2,(H,15,16). The number of hydrogen-bond acceptors (Lipinski definition) is 3. The van der Waals surface area contributed by atoms with E-state index < -0.39 is 11.8 Å². The molecule has 0 radical (unpaired) electrons. The van der Waals surface area contributed by atoms with Crippen LogP contribution in [0.1, 0.15) is 28.8 Å². The summed E-state index contributed by atoms with van der Waals surface area (Å²) >= 11 is 0. The van der Waals surface area contributed by atoms with Gasteiger partial charge in [0.15, 0.2) is 0 Å². The number of aliphatic hydroxyl groups is 1. The number of benzene rings is 1. The zero-order valence-corrected chi connectivity index (χ0v) is 8.64. The van der Waals surface area contributed by atoms with Crippen molar-refractivity contribution in [2.24, 2.45) is 0 Å². The molecule has 0 unspecified atom stereocenters. The van der Waals surface area contributed by atoms with Gasteiger partial charge in [-0.2, -0.15) is 0 Å². The fraction of sp³-hybridized carbons (Fsp3) is 0.333. The molecule has 2 N–H and O–H groups in total. The average Bonchev–Trinajstić information content (AvgIpc) is 3.09. The van der Waals surface area contributed by atoms with E-state index in [-0.39, 0.29) is 17.6 Å². The maximum absolute atomic E-state index is 11.3. The minimum absolute atomic E-state index is 0.0394. The smallest absolute Gasteiger partial charge is 0.377 e. The van der Waals surface area contributed by atoms with Crippen molar-refractivity contribution in [2.45, 2.75) is 18.3 Å². The second kappa shape index (κ2) is 3.72. The highest BCUT2D eigenvalue weighted by atomic mass is 16.4. The van der Waals surface area contributed by atoms with Crippen LogP contribution in [0.15, 0.2) is 24.3 Å². The van der Waals surface area contributed by atoms with Gasteiger partial charge in [0.05, 0.1) is 6.61 Å². The minimum atomic E-state index is -1.45. The number of Topliss-reactive ketones (excluding diaryl/α,β-unsaturated/α-hetero) is 1. The molecule has 84 valence electrons. The number of aliphatic carboxylic acids is 1. The normalized spacial score (nSPS) is 16.8. The first-order valence-electron chi connectivity index (χ1n) is 5.08. The molecule has 0 atom stereocenters. The molecule has 0 heterocycles. The van der Waals surface area contributed by atoms with Crippen molar-refractivity contribution in [3.8, 4) is 0 Å². The van der Waals surface area contributed by atoms with Gasteiger partial charge in [-0.25, -0.2) is 4.79 Å². The lowest BCUT2D eigenvalue weighted by molar-refractivity contribution is -0.131. The predicted molar refractivity (Wildman–Crippen MR) is 56.4 cm³/mol. The van der Waals surface area contributed by atoms with Crippen LogP contribution in [0.3, 0.4) is 0 Å². The first kappa shape index (κ1) is 10.8. The maximum Gasteiger partial charge on any atom is 0.377 e. The Morgan fingerprint density at radius 3 is 2.50 bits per heavy atom. The molecule has 1 aromatic rings. The van der Waals surface area contributed by atoms with Crippen molar-refractivity contribution >= 4 is 11.8 Å². The average molecular weight is 220 g/mol. The molecule has 0 aromatic heterocycles. The Hall–Kier alpha value is -1.68. The SMILES string of the molecule is O=C(O)C(=O)c1cccc(C2(CO)CC2)c1. The third-order valence-corrected chi connectivity index (χ3v) is 3.09. The zero-order valence-electron chi connectivity index (χ0n) is 8.64. The van der Waals surface area contributed by atoms with Crippen LogP contribution in [0.25, 0.3) is 0 Å². The lowest BCUT2D eigenvalue weighted by Crippen LogP contribution is -2.16. The molecule has 0 saturated heterocycles. The molecule has 0 spiro atoms. The molecule has 0 bridgehead atoms. The van der Waals surface area contributed by atoms with Gasteiger partial charge in [-0.1, -0.05) is 18.2 Å². The summed E-state index contributed by atoms with van der Waals surface area (Å²) in [5.41, 5.74) is 0.779. The van der Waals surface area contributed by atoms with Crippen LogP contribution in [0.4, 0.5) is 0 Å². The molecule has 0 amide bonds. The molecule has 1 aliphatic rings. The Morgan fingerprint density at radius 2 is 2.00 bits per heavy atom. The van der Waals surface area contributed by atoms with Crippen molar-refractivity contribution in [3.05, 3.63) is 35.4 Å². The van der Waals surface area contributed by atoms with E-state index >= 15 is 0 Å². The van der Waals surface area contributed by atoms with Crippen molar-refractivity contribution in [2.75, 3.05) is 6.61 Å². The van der Waals surface area contributed by atoms with Gasteiger partial charge in [0.25, 0.3) is 5.78 Å². The molecular formula is C12H12O4. The summed E-state index contributed by atoms with van der Waals surface area (Å²) in [4.78, 5) is 21.8. The molecule has 4 nitrogen and oxygen atoms in total. The predicted octanol–water partition coefficient (Wildman–Crippen LogP) is 0.978. The van der Waals surface area contributed by atoms with Crippen LogP contribution in [-0.4, -0.2) is 28.6 Å². The summed E-state index contributed by atoms with van der Waals surface area (Å²) in [6, 6.07) is 6.52. The van der Waals surface area contributed by atoms with E-state index in [2.05, 4.69) is 0 Å². The van der Waals surface area contributed by atoms with Gasteiger partial charge in [0.2, 0.25) is 0 Å². The van der Waals surface area contributed by atoms with E-state index in [9.17, 15) is 14.7 Å². The van der Waals surface area contributed by atoms with E-state index in [0.29, 0.717) is 0 Å². The van der Waals surface area contributed by atoms with Crippen molar-refractivity contribution in [1.29, 1.82) is 0 Å². The number of rotatable bonds is 4. The number of ketones is 1. The summed E-state index contributed by atoms with van der Waals surface area (Å²) in [5.74, 6) is -2.36. The molecule has 1 fully saturated rings. The summed E-state index contributed by atoms with van der Waals surface area (Å²) in [5, 5.41) is 17.9. The third-order valence-electron chi connectivity index (χ3n) is 3.09. The molecule has 2 rings (SSSR count). The molecule has 4 heteroatoms. The molecule has 1 aromatic carbocycles. The van der Waals surface area contributed by atoms with Crippen LogP contribution in [0, 0.1) is 0 Å². The highest BCUT2D eigenvalue weighted by molar-refractivity contribution is 6.39. The third kappa shape index (κ3) is 1.72. The lowest BCUT2D eigenvalue weighted by atomic mass is 9.94. The van der Waals surface area contributed by atoms with E-state index in [0.717, 1.165) is 18.4 Å². The minimum Gasteiger partial charge on any atom is -0.475 e. The summed E-state index contributed by atoms with van der Waals surface area (Å²) < 4.78 is 0. The molecule has 0 aliphatic heterocycles. The van der Waals surface area contributed by atoms with Gasteiger partial charge in [-0.3, -0.25) is 4.79 Å². The highest BCUT2D eigenvalue weighted by Crippen LogP contribution is 2.47. The van der Waals surface area contributed by atoms with Crippen LogP contribution in [-0.2, 0) is 10.2 Å². The van der Waals surface area contributed by atoms with Crippen LogP contribution >= 0.6 is 0 Å². The van der Waals surface area contributed by atoms with Gasteiger partial charge in [-0.05, 0) is 24.5 Å². The second-order valence-corrected chi connectivity index (χ2v) is 4.15. The highest BCUT2D eigenvalue weighted by Gasteiger charge is 2.43. The first-order valence-corrected chi connectivity index (χ1v) is 5.08. The van der Waals surface area contributed by atoms with Gasteiger partial charge in [0.1, 0.15) is 0 Å². The van der Waals surface area contributed by atoms with Crippen LogP contribution < -0.4 is 0 Å². The topological polar surface area (TPSA) is 74.6 Å². The number of carbonyl (C=O) groups is 2. The molecule has 1 saturated carbocycles. The Balaban J connectivity index is 2.34. The van der Waals surface area contributed by atoms with Gasteiger partial charge in [-0.15, -0.1) is 0 Å². The van der Waals surface area contributed by atoms with Gasteiger partial charge in [0, 0.05) is 11.0 Å². The van der Waals surface area contributed by atoms with Crippen molar-refractivity contribution in [3.63, 3.8) is 0 Å². The van der Waals surface area contributed by atoms with Gasteiger partial charge >= 0.3 is 5.97 Å². The van der Waals surface area contributed by atoms with E-state index in [4.69, 9.17) is 5.11 Å². The van der Waals surface area contributed by atoms with Gasteiger partial charge < -0.3 is 10.2 Å². The fourth-order valence-electron chi connectivity index (χ4n) is 1.80. The summed E-state index contributed by atoms with van der Waals surface area (Å²) in [6.45, 7) is 0.0394. The number of hydrogen-bond donors (Lipinski definition) is 2. The van der Waals surface area contributed by atoms with E-state index in [1.165, 1.54) is 6.07 Å². The maximum atomic E-state index is 11.3. The fourth-order valence-corrected chi connectivity index (χ4v) is 1.80. The summed E-state index contributed by atoms with van der Waals surface area (Å²) in [7, 11) is 0. The monoisotopic (exact) mass is 220 g/mol. The van der Waals surface area contributed by atoms with Crippen LogP contribution in [0.5, 0.6) is 0 Å². The second-order valence-electron chi connectivity index (χ2n) is 4.15. The van der Waals surface area contributed by atoms with Crippen molar-refractivity contribution in [1.82, 2.24) is 0 Å². The van der Waals surface area contributed by atoms with E-state index in [1.54, 1.807) is 12.1 Å². The number of carboxylic acid groups (broad SMARTS) is 1. The van der Waals surface area contributed by atoms with Crippen LogP contribution in [0.2, 0.25) is 0 Å². The zero-order chi connectivity index (χ0) is 11.8. The molecule has 1 aliphatic carbocycles. The molecule has 16 heavy (non-hydrogen) atoms. The quantitative estimate of drug-likeness (QED) is 0.586. The Bertz CT molecular complexity index is 446. The Labute approximate surface area is 92.5 Å². The lowest BCUT2D eigenvalue weighted by Gasteiger charge is -2.12. The number of carbonyl (C=O) groups excluding carboxylic acids is 1. The Kier molecular flexibility index (Phi) is 2.52. The Morgan fingerprint density at radius 1 is 1.31 bits per heavy atom. The summed E-state index contributed by atoms with van der Waals surface area (Å²) in [6.07, 6.45) is 1.77. The first-order chi connectivity index (χ1) is 7.59. The largest absolute Gasteiger partial charge is 0.475 e. The molecular weight excluding hydrogens is 208 g/mol. The number of carboxylic acids is 1. The van der Waals surface area contributed by atoms with Crippen molar-refractivity contribution < 1.29 is 19.8 Å². The van der Waals surface area contributed by atoms with E-state index in [1.807, 2.05) is 6.07 Å².